The summed E-state index contributed by atoms with van der Waals surface area (Å²) in [7, 11) is 1.29. The number of carbonyl (C=O) groups excluding carboxylic acids is 1. The van der Waals surface area contributed by atoms with Crippen LogP contribution in [-0.4, -0.2) is 34.6 Å². The standard InChI is InChI=1S/C23H21F3N4O3/c1-12-20(10-27-13(2)29-12)33-11-23(14-4-15(24)6-16(25)5-14)8-17(23)22(31)30-21-7-19(32-3)18(26)9-28-21/h4-7,9-10,17H,8,11H2,1-3H3,(H,28,30,31)/t17-,23+/m0/s1. The lowest BCUT2D eigenvalue weighted by Crippen LogP contribution is -2.27. The molecule has 7 nitrogen and oxygen atoms in total. The molecule has 0 bridgehead atoms. The second kappa shape index (κ2) is 8.68. The van der Waals surface area contributed by atoms with Gasteiger partial charge in [-0.1, -0.05) is 0 Å². The first-order valence-corrected chi connectivity index (χ1v) is 10.1. The van der Waals surface area contributed by atoms with Crippen LogP contribution in [0.5, 0.6) is 11.5 Å². The van der Waals surface area contributed by atoms with Crippen LogP contribution in [-0.2, 0) is 10.2 Å². The topological polar surface area (TPSA) is 86.2 Å². The summed E-state index contributed by atoms with van der Waals surface area (Å²) in [5.74, 6) is -2.29. The highest BCUT2D eigenvalue weighted by molar-refractivity contribution is 5.95. The van der Waals surface area contributed by atoms with Crippen LogP contribution in [0.25, 0.3) is 0 Å². The number of pyridine rings is 1. The Morgan fingerprint density at radius 1 is 1.09 bits per heavy atom. The molecule has 1 aliphatic carbocycles. The quantitative estimate of drug-likeness (QED) is 0.578. The van der Waals surface area contributed by atoms with Crippen molar-refractivity contribution in [2.75, 3.05) is 19.0 Å². The number of aryl methyl sites for hydroxylation is 2. The zero-order chi connectivity index (χ0) is 23.8. The second-order valence-electron chi connectivity index (χ2n) is 7.92. The number of aromatic nitrogens is 3. The van der Waals surface area contributed by atoms with Gasteiger partial charge < -0.3 is 14.8 Å². The summed E-state index contributed by atoms with van der Waals surface area (Å²) in [6.45, 7) is 3.47. The van der Waals surface area contributed by atoms with E-state index in [0.717, 1.165) is 12.3 Å². The average molecular weight is 458 g/mol. The summed E-state index contributed by atoms with van der Waals surface area (Å²) >= 11 is 0. The van der Waals surface area contributed by atoms with E-state index in [9.17, 15) is 18.0 Å². The van der Waals surface area contributed by atoms with Gasteiger partial charge in [0, 0.05) is 17.5 Å². The lowest BCUT2D eigenvalue weighted by Gasteiger charge is -2.20. The van der Waals surface area contributed by atoms with Gasteiger partial charge in [0.1, 0.15) is 23.3 Å². The van der Waals surface area contributed by atoms with E-state index < -0.39 is 34.7 Å². The van der Waals surface area contributed by atoms with E-state index in [0.29, 0.717) is 22.8 Å². The number of methoxy groups -OCH3 is 1. The number of halogens is 3. The Morgan fingerprint density at radius 2 is 1.82 bits per heavy atom. The van der Waals surface area contributed by atoms with Gasteiger partial charge in [-0.2, -0.15) is 0 Å². The average Bonchev–Trinajstić information content (AvgIpc) is 3.50. The molecule has 33 heavy (non-hydrogen) atoms. The molecule has 2 atom stereocenters. The third-order valence-electron chi connectivity index (χ3n) is 5.66. The molecule has 0 saturated heterocycles. The minimum Gasteiger partial charge on any atom is -0.493 e. The van der Waals surface area contributed by atoms with Crippen LogP contribution in [0.4, 0.5) is 19.0 Å². The van der Waals surface area contributed by atoms with Crippen molar-refractivity contribution in [3.63, 3.8) is 0 Å². The summed E-state index contributed by atoms with van der Waals surface area (Å²) in [5.41, 5.74) is -0.0723. The van der Waals surface area contributed by atoms with Gasteiger partial charge in [-0.05, 0) is 38.0 Å². The highest BCUT2D eigenvalue weighted by Crippen LogP contribution is 2.55. The number of hydrogen-bond acceptors (Lipinski definition) is 6. The lowest BCUT2D eigenvalue weighted by atomic mass is 9.93. The number of amides is 1. The maximum Gasteiger partial charge on any atom is 0.229 e. The van der Waals surface area contributed by atoms with Gasteiger partial charge in [-0.3, -0.25) is 4.79 Å². The molecule has 3 aromatic rings. The highest BCUT2D eigenvalue weighted by atomic mass is 19.1. The monoisotopic (exact) mass is 458 g/mol. The van der Waals surface area contributed by atoms with E-state index in [1.807, 2.05) is 0 Å². The number of anilines is 1. The number of benzene rings is 1. The van der Waals surface area contributed by atoms with Crippen LogP contribution in [0.1, 0.15) is 23.5 Å². The Kier molecular flexibility index (Phi) is 5.92. The summed E-state index contributed by atoms with van der Waals surface area (Å²) in [4.78, 5) is 25.2. The highest BCUT2D eigenvalue weighted by Gasteiger charge is 2.60. The molecule has 1 fully saturated rings. The molecule has 2 aromatic heterocycles. The van der Waals surface area contributed by atoms with E-state index in [1.165, 1.54) is 31.5 Å². The summed E-state index contributed by atoms with van der Waals surface area (Å²) in [6, 6.07) is 4.40. The molecular weight excluding hydrogens is 437 g/mol. The Morgan fingerprint density at radius 3 is 2.48 bits per heavy atom. The number of hydrogen-bond donors (Lipinski definition) is 1. The normalized spacial score (nSPS) is 19.2. The molecule has 1 N–H and O–H groups in total. The number of carbonyl (C=O) groups is 1. The fourth-order valence-electron chi connectivity index (χ4n) is 3.83. The number of rotatable bonds is 7. The summed E-state index contributed by atoms with van der Waals surface area (Å²) in [6.07, 6.45) is 2.73. The Labute approximate surface area is 188 Å². The molecule has 2 heterocycles. The fraction of sp³-hybridized carbons (Fsp3) is 0.304. The van der Waals surface area contributed by atoms with Gasteiger partial charge in [0.25, 0.3) is 0 Å². The summed E-state index contributed by atoms with van der Waals surface area (Å²) < 4.78 is 52.4. The van der Waals surface area contributed by atoms with E-state index in [2.05, 4.69) is 20.3 Å². The van der Waals surface area contributed by atoms with E-state index >= 15 is 0 Å². The van der Waals surface area contributed by atoms with Crippen LogP contribution in [0, 0.1) is 37.2 Å². The third kappa shape index (κ3) is 4.59. The third-order valence-corrected chi connectivity index (χ3v) is 5.66. The SMILES string of the molecule is COc1cc(NC(=O)[C@@H]2C[C@@]2(COc2cnc(C)nc2C)c2cc(F)cc(F)c2)ncc1F. The Bertz CT molecular complexity index is 1200. The first kappa shape index (κ1) is 22.5. The van der Waals surface area contributed by atoms with Gasteiger partial charge in [0.05, 0.1) is 37.7 Å². The molecular formula is C23H21F3N4O3. The molecule has 0 aliphatic heterocycles. The first-order chi connectivity index (χ1) is 15.7. The first-order valence-electron chi connectivity index (χ1n) is 10.1. The van der Waals surface area contributed by atoms with Crippen molar-refractivity contribution in [3.8, 4) is 11.5 Å². The molecule has 172 valence electrons. The van der Waals surface area contributed by atoms with Crippen molar-refractivity contribution in [1.29, 1.82) is 0 Å². The van der Waals surface area contributed by atoms with Gasteiger partial charge in [-0.15, -0.1) is 0 Å². The molecule has 1 amide bonds. The van der Waals surface area contributed by atoms with E-state index in [-0.39, 0.29) is 24.6 Å². The number of nitrogens with one attached hydrogen (secondary N) is 1. The Hall–Kier alpha value is -3.69. The molecule has 0 unspecified atom stereocenters. The van der Waals surface area contributed by atoms with Crippen molar-refractivity contribution in [2.45, 2.75) is 25.7 Å². The van der Waals surface area contributed by atoms with E-state index in [1.54, 1.807) is 13.8 Å². The smallest absolute Gasteiger partial charge is 0.229 e. The zero-order valence-corrected chi connectivity index (χ0v) is 18.2. The largest absolute Gasteiger partial charge is 0.493 e. The number of ether oxygens (including phenoxy) is 2. The van der Waals surface area contributed by atoms with Crippen LogP contribution in [0.2, 0.25) is 0 Å². The minimum absolute atomic E-state index is 0.0264. The van der Waals surface area contributed by atoms with Gasteiger partial charge >= 0.3 is 0 Å². The minimum atomic E-state index is -0.978. The maximum absolute atomic E-state index is 14.0. The lowest BCUT2D eigenvalue weighted by molar-refractivity contribution is -0.117. The fourth-order valence-corrected chi connectivity index (χ4v) is 3.83. The summed E-state index contributed by atoms with van der Waals surface area (Å²) in [5, 5.41) is 2.61. The van der Waals surface area contributed by atoms with Crippen LogP contribution in [0.3, 0.4) is 0 Å². The predicted octanol–water partition coefficient (Wildman–Crippen LogP) is 3.89. The predicted molar refractivity (Wildman–Crippen MR) is 113 cm³/mol. The van der Waals surface area contributed by atoms with Gasteiger partial charge in [0.15, 0.2) is 17.3 Å². The van der Waals surface area contributed by atoms with Crippen molar-refractivity contribution >= 4 is 11.7 Å². The van der Waals surface area contributed by atoms with E-state index in [4.69, 9.17) is 9.47 Å². The second-order valence-corrected chi connectivity index (χ2v) is 7.92. The van der Waals surface area contributed by atoms with Crippen LogP contribution >= 0.6 is 0 Å². The zero-order valence-electron chi connectivity index (χ0n) is 18.2. The van der Waals surface area contributed by atoms with Crippen LogP contribution in [0.15, 0.2) is 36.7 Å². The molecule has 1 aliphatic rings. The molecule has 1 saturated carbocycles. The Balaban J connectivity index is 1.60. The van der Waals surface area contributed by atoms with Crippen molar-refractivity contribution < 1.29 is 27.4 Å². The molecule has 4 rings (SSSR count). The molecule has 10 heteroatoms. The van der Waals surface area contributed by atoms with Crippen molar-refractivity contribution in [1.82, 2.24) is 15.0 Å². The number of nitrogens with zero attached hydrogens (tertiary/aromatic N) is 3. The maximum atomic E-state index is 14.0. The molecule has 1 aromatic carbocycles. The van der Waals surface area contributed by atoms with Crippen molar-refractivity contribution in [2.24, 2.45) is 5.92 Å². The van der Waals surface area contributed by atoms with Gasteiger partial charge in [-0.25, -0.2) is 28.1 Å². The van der Waals surface area contributed by atoms with Gasteiger partial charge in [0.2, 0.25) is 5.91 Å². The molecule has 0 radical (unpaired) electrons. The van der Waals surface area contributed by atoms with Crippen molar-refractivity contribution in [3.05, 3.63) is 71.2 Å². The molecule has 0 spiro atoms. The van der Waals surface area contributed by atoms with Crippen LogP contribution < -0.4 is 14.8 Å².